The molecule has 0 bridgehead atoms. The summed E-state index contributed by atoms with van der Waals surface area (Å²) in [5.74, 6) is -0.510. The molecule has 2 N–H and O–H groups in total. The summed E-state index contributed by atoms with van der Waals surface area (Å²) in [4.78, 5) is 42.7. The Morgan fingerprint density at radius 2 is 1.76 bits per heavy atom. The van der Waals surface area contributed by atoms with Crippen molar-refractivity contribution in [2.24, 2.45) is 0 Å². The van der Waals surface area contributed by atoms with Gasteiger partial charge in [0.1, 0.15) is 11.9 Å². The maximum absolute atomic E-state index is 12.6. The first kappa shape index (κ1) is 27.3. The number of esters is 1. The van der Waals surface area contributed by atoms with Crippen molar-refractivity contribution in [1.82, 2.24) is 15.1 Å². The van der Waals surface area contributed by atoms with Crippen LogP contribution in [-0.2, 0) is 14.3 Å². The van der Waals surface area contributed by atoms with Crippen LogP contribution in [0.15, 0.2) is 48.5 Å². The highest BCUT2D eigenvalue weighted by Gasteiger charge is 2.34. The third-order valence-corrected chi connectivity index (χ3v) is 6.72. The van der Waals surface area contributed by atoms with Gasteiger partial charge >= 0.3 is 12.1 Å². The van der Waals surface area contributed by atoms with Crippen LogP contribution < -0.4 is 10.2 Å². The van der Waals surface area contributed by atoms with Crippen LogP contribution in [0.4, 0.5) is 10.5 Å². The fourth-order valence-electron chi connectivity index (χ4n) is 4.65. The summed E-state index contributed by atoms with van der Waals surface area (Å²) in [5, 5.41) is 10.9. The molecule has 4 rings (SSSR count). The number of hydrogen-bond acceptors (Lipinski definition) is 8. The normalized spacial score (nSPS) is 18.2. The number of hydrogen-bond donors (Lipinski definition) is 2. The third kappa shape index (κ3) is 7.17. The van der Waals surface area contributed by atoms with E-state index in [1.54, 1.807) is 47.4 Å². The molecule has 2 aromatic carbocycles. The molecule has 10 heteroatoms. The largest absolute Gasteiger partial charge is 0.466 e. The SMILES string of the molecule is CCOC(=O)CCN1CCN(CC2CN(c3ccc(C(=N)NC(=O)c4cccc(C)c4)cc3)C(=O)O2)CC1. The van der Waals surface area contributed by atoms with Gasteiger partial charge in [0.25, 0.3) is 5.91 Å². The van der Waals surface area contributed by atoms with Gasteiger partial charge in [0.05, 0.1) is 19.6 Å². The average molecular weight is 522 g/mol. The van der Waals surface area contributed by atoms with Gasteiger partial charge in [0, 0.05) is 56.1 Å². The summed E-state index contributed by atoms with van der Waals surface area (Å²) in [7, 11) is 0. The summed E-state index contributed by atoms with van der Waals surface area (Å²) in [6.45, 7) is 9.34. The van der Waals surface area contributed by atoms with Crippen LogP contribution in [0.25, 0.3) is 0 Å². The van der Waals surface area contributed by atoms with Crippen LogP contribution in [0.1, 0.15) is 34.8 Å². The van der Waals surface area contributed by atoms with E-state index in [0.29, 0.717) is 49.5 Å². The molecule has 10 nitrogen and oxygen atoms in total. The van der Waals surface area contributed by atoms with Gasteiger partial charge in [-0.1, -0.05) is 17.7 Å². The molecule has 38 heavy (non-hydrogen) atoms. The van der Waals surface area contributed by atoms with Crippen LogP contribution in [0.3, 0.4) is 0 Å². The predicted octanol–water partition coefficient (Wildman–Crippen LogP) is 2.65. The Kier molecular flexibility index (Phi) is 9.09. The number of carbonyl (C=O) groups excluding carboxylic acids is 3. The Morgan fingerprint density at radius 1 is 1.05 bits per heavy atom. The number of benzene rings is 2. The Hall–Kier alpha value is -3.76. The lowest BCUT2D eigenvalue weighted by molar-refractivity contribution is -0.143. The second-order valence-corrected chi connectivity index (χ2v) is 9.56. The van der Waals surface area contributed by atoms with Gasteiger partial charge in [0.15, 0.2) is 0 Å². The molecule has 0 spiro atoms. The van der Waals surface area contributed by atoms with Crippen molar-refractivity contribution in [3.05, 3.63) is 65.2 Å². The minimum Gasteiger partial charge on any atom is -0.466 e. The van der Waals surface area contributed by atoms with Crippen molar-refractivity contribution in [2.75, 3.05) is 57.3 Å². The van der Waals surface area contributed by atoms with Gasteiger partial charge in [0.2, 0.25) is 0 Å². The zero-order chi connectivity index (χ0) is 27.1. The summed E-state index contributed by atoms with van der Waals surface area (Å²) in [6.07, 6.45) is -0.223. The molecule has 2 heterocycles. The number of carbonyl (C=O) groups is 3. The molecule has 0 radical (unpaired) electrons. The highest BCUT2D eigenvalue weighted by atomic mass is 16.6. The van der Waals surface area contributed by atoms with E-state index < -0.39 is 6.09 Å². The summed E-state index contributed by atoms with van der Waals surface area (Å²) < 4.78 is 10.6. The lowest BCUT2D eigenvalue weighted by Crippen LogP contribution is -2.49. The number of anilines is 1. The number of cyclic esters (lactones) is 1. The fourth-order valence-corrected chi connectivity index (χ4v) is 4.65. The van der Waals surface area contributed by atoms with Crippen molar-refractivity contribution < 1.29 is 23.9 Å². The van der Waals surface area contributed by atoms with Crippen LogP contribution >= 0.6 is 0 Å². The predicted molar refractivity (Wildman–Crippen MR) is 144 cm³/mol. The molecule has 0 aliphatic carbocycles. The second kappa shape index (κ2) is 12.7. The quantitative estimate of drug-likeness (QED) is 0.296. The van der Waals surface area contributed by atoms with Gasteiger partial charge in [-0.3, -0.25) is 24.8 Å². The minimum absolute atomic E-state index is 0.00803. The molecule has 1 atom stereocenters. The van der Waals surface area contributed by atoms with Crippen molar-refractivity contribution >= 4 is 29.5 Å². The second-order valence-electron chi connectivity index (χ2n) is 9.56. The molecule has 2 aliphatic heterocycles. The number of nitrogens with zero attached hydrogens (tertiary/aromatic N) is 3. The Labute approximate surface area is 223 Å². The Morgan fingerprint density at radius 3 is 2.45 bits per heavy atom. The van der Waals surface area contributed by atoms with E-state index in [2.05, 4.69) is 15.1 Å². The number of aryl methyl sites for hydroxylation is 1. The van der Waals surface area contributed by atoms with Crippen LogP contribution in [0.2, 0.25) is 0 Å². The number of nitrogens with one attached hydrogen (secondary N) is 2. The number of piperazine rings is 1. The Balaban J connectivity index is 1.24. The first-order valence-electron chi connectivity index (χ1n) is 13.0. The summed E-state index contributed by atoms with van der Waals surface area (Å²) in [5.41, 5.74) is 2.69. The van der Waals surface area contributed by atoms with Gasteiger partial charge in [-0.05, 0) is 50.2 Å². The number of rotatable bonds is 9. The zero-order valence-electron chi connectivity index (χ0n) is 21.9. The highest BCUT2D eigenvalue weighted by molar-refractivity contribution is 6.11. The van der Waals surface area contributed by atoms with E-state index in [9.17, 15) is 14.4 Å². The Bertz CT molecular complexity index is 1160. The molecule has 2 saturated heterocycles. The van der Waals surface area contributed by atoms with E-state index in [1.807, 2.05) is 19.9 Å². The van der Waals surface area contributed by atoms with Crippen molar-refractivity contribution in [3.63, 3.8) is 0 Å². The minimum atomic E-state index is -0.390. The molecule has 2 fully saturated rings. The zero-order valence-corrected chi connectivity index (χ0v) is 21.9. The molecule has 0 saturated carbocycles. The lowest BCUT2D eigenvalue weighted by Gasteiger charge is -2.35. The molecule has 0 aromatic heterocycles. The van der Waals surface area contributed by atoms with E-state index in [0.717, 1.165) is 31.7 Å². The van der Waals surface area contributed by atoms with E-state index >= 15 is 0 Å². The van der Waals surface area contributed by atoms with Crippen LogP contribution in [-0.4, -0.2) is 92.1 Å². The lowest BCUT2D eigenvalue weighted by atomic mass is 10.1. The fraction of sp³-hybridized carbons (Fsp3) is 0.429. The monoisotopic (exact) mass is 521 g/mol. The van der Waals surface area contributed by atoms with Gasteiger partial charge in [-0.25, -0.2) is 4.79 Å². The molecule has 2 aliphatic rings. The van der Waals surface area contributed by atoms with Crippen LogP contribution in [0, 0.1) is 12.3 Å². The van der Waals surface area contributed by atoms with Crippen molar-refractivity contribution in [1.29, 1.82) is 5.41 Å². The molecule has 1 unspecified atom stereocenters. The van der Waals surface area contributed by atoms with Gasteiger partial charge < -0.3 is 19.7 Å². The number of ether oxygens (including phenoxy) is 2. The standard InChI is InChI=1S/C28H35N5O5/c1-3-37-25(34)11-12-31-13-15-32(16-14-31)18-24-19-33(28(36)38-24)23-9-7-21(8-10-23)26(29)30-27(35)22-6-4-5-20(2)17-22/h4-10,17,24H,3,11-16,18-19H2,1-2H3,(H2,29,30,35). The average Bonchev–Trinajstić information content (AvgIpc) is 3.28. The van der Waals surface area contributed by atoms with E-state index in [4.69, 9.17) is 14.9 Å². The smallest absolute Gasteiger partial charge is 0.414 e. The van der Waals surface area contributed by atoms with Crippen molar-refractivity contribution in [2.45, 2.75) is 26.4 Å². The number of amidine groups is 1. The maximum atomic E-state index is 12.6. The van der Waals surface area contributed by atoms with Gasteiger partial charge in [-0.2, -0.15) is 0 Å². The molecule has 2 amide bonds. The maximum Gasteiger partial charge on any atom is 0.414 e. The molecular formula is C28H35N5O5. The first-order chi connectivity index (χ1) is 18.3. The molecule has 2 aromatic rings. The summed E-state index contributed by atoms with van der Waals surface area (Å²) >= 11 is 0. The van der Waals surface area contributed by atoms with E-state index in [-0.39, 0.29) is 23.8 Å². The molecular weight excluding hydrogens is 486 g/mol. The molecule has 202 valence electrons. The van der Waals surface area contributed by atoms with Crippen molar-refractivity contribution in [3.8, 4) is 0 Å². The van der Waals surface area contributed by atoms with Gasteiger partial charge in [-0.15, -0.1) is 0 Å². The highest BCUT2D eigenvalue weighted by Crippen LogP contribution is 2.23. The van der Waals surface area contributed by atoms with Crippen LogP contribution in [0.5, 0.6) is 0 Å². The topological polar surface area (TPSA) is 115 Å². The first-order valence-corrected chi connectivity index (χ1v) is 13.0. The summed E-state index contributed by atoms with van der Waals surface area (Å²) in [6, 6.07) is 14.1. The van der Waals surface area contributed by atoms with E-state index in [1.165, 1.54) is 0 Å². The number of amides is 2. The third-order valence-electron chi connectivity index (χ3n) is 6.72.